The van der Waals surface area contributed by atoms with Gasteiger partial charge in [-0.05, 0) is 24.6 Å². The third kappa shape index (κ3) is 3.42. The molecule has 3 rings (SSSR count). The first kappa shape index (κ1) is 16.5. The number of halogens is 1. The number of benzene rings is 1. The van der Waals surface area contributed by atoms with Gasteiger partial charge in [0, 0.05) is 32.0 Å². The predicted octanol–water partition coefficient (Wildman–Crippen LogP) is 3.02. The van der Waals surface area contributed by atoms with E-state index in [0.717, 1.165) is 0 Å². The van der Waals surface area contributed by atoms with Gasteiger partial charge in [0.05, 0.1) is 19.2 Å². The van der Waals surface area contributed by atoms with E-state index in [0.29, 0.717) is 35.9 Å². The van der Waals surface area contributed by atoms with E-state index in [2.05, 4.69) is 5.16 Å². The van der Waals surface area contributed by atoms with E-state index in [9.17, 15) is 4.79 Å². The lowest BCUT2D eigenvalue weighted by Gasteiger charge is -2.36. The molecule has 24 heavy (non-hydrogen) atoms. The highest BCUT2D eigenvalue weighted by Gasteiger charge is 2.37. The number of aromatic nitrogens is 1. The molecule has 128 valence electrons. The van der Waals surface area contributed by atoms with Crippen molar-refractivity contribution in [2.45, 2.75) is 31.9 Å². The Kier molecular flexibility index (Phi) is 4.55. The second kappa shape index (κ2) is 6.63. The van der Waals surface area contributed by atoms with E-state index in [1.54, 1.807) is 49.3 Å². The lowest BCUT2D eigenvalue weighted by atomic mass is 9.86. The highest BCUT2D eigenvalue weighted by molar-refractivity contribution is 5.78. The summed E-state index contributed by atoms with van der Waals surface area (Å²) in [6, 6.07) is 8.84. The van der Waals surface area contributed by atoms with Crippen LogP contribution in [0.1, 0.15) is 29.9 Å². The zero-order chi connectivity index (χ0) is 17.2. The lowest BCUT2D eigenvalue weighted by molar-refractivity contribution is -0.133. The Morgan fingerprint density at radius 3 is 2.75 bits per heavy atom. The number of methoxy groups -OCH3 is 1. The Hall–Kier alpha value is -2.37. The zero-order valence-electron chi connectivity index (χ0n) is 13.9. The minimum atomic E-state index is -1.42. The number of aryl methyl sites for hydroxylation is 1. The van der Waals surface area contributed by atoms with Crippen LogP contribution < -0.4 is 4.74 Å². The van der Waals surface area contributed by atoms with Crippen molar-refractivity contribution in [1.29, 1.82) is 0 Å². The van der Waals surface area contributed by atoms with Crippen LogP contribution in [0.15, 0.2) is 34.9 Å². The third-order valence-electron chi connectivity index (χ3n) is 4.50. The van der Waals surface area contributed by atoms with Crippen molar-refractivity contribution in [2.24, 2.45) is 0 Å². The molecule has 2 aromatic rings. The maximum Gasteiger partial charge on any atom is 0.228 e. The second-order valence-electron chi connectivity index (χ2n) is 6.18. The van der Waals surface area contributed by atoms with Gasteiger partial charge in [0.15, 0.2) is 0 Å². The molecule has 1 aromatic heterocycles. The summed E-state index contributed by atoms with van der Waals surface area (Å²) in [5, 5.41) is 3.84. The Morgan fingerprint density at radius 2 is 2.12 bits per heavy atom. The fraction of sp³-hybridized carbons (Fsp3) is 0.444. The van der Waals surface area contributed by atoms with Gasteiger partial charge < -0.3 is 14.2 Å². The molecule has 1 fully saturated rings. The van der Waals surface area contributed by atoms with Crippen molar-refractivity contribution in [1.82, 2.24) is 10.1 Å². The van der Waals surface area contributed by atoms with Gasteiger partial charge in [0.25, 0.3) is 0 Å². The molecule has 1 aliphatic heterocycles. The summed E-state index contributed by atoms with van der Waals surface area (Å²) in [5.74, 6) is 1.28. The average Bonchev–Trinajstić information content (AvgIpc) is 3.00. The van der Waals surface area contributed by atoms with Crippen LogP contribution in [0.3, 0.4) is 0 Å². The van der Waals surface area contributed by atoms with Crippen LogP contribution in [0, 0.1) is 6.92 Å². The summed E-state index contributed by atoms with van der Waals surface area (Å²) in [6.07, 6.45) is 0.753. The van der Waals surface area contributed by atoms with Gasteiger partial charge in [-0.2, -0.15) is 0 Å². The number of carbonyl (C=O) groups is 1. The van der Waals surface area contributed by atoms with Gasteiger partial charge in [0.1, 0.15) is 17.2 Å². The van der Waals surface area contributed by atoms with Crippen molar-refractivity contribution in [3.63, 3.8) is 0 Å². The van der Waals surface area contributed by atoms with E-state index in [1.165, 1.54) is 0 Å². The summed E-state index contributed by atoms with van der Waals surface area (Å²) in [5.41, 5.74) is -0.195. The summed E-state index contributed by atoms with van der Waals surface area (Å²) in [7, 11) is 1.57. The monoisotopic (exact) mass is 332 g/mol. The summed E-state index contributed by atoms with van der Waals surface area (Å²) >= 11 is 0. The standard InChI is InChI=1S/C18H21FN2O3/c1-13-10-15(20-24-13)12-17(22)21-8-6-18(19,7-9-21)14-4-3-5-16(11-14)23-2/h3-5,10-11H,6-9,12H2,1-2H3. The van der Waals surface area contributed by atoms with E-state index >= 15 is 4.39 Å². The van der Waals surface area contributed by atoms with E-state index < -0.39 is 5.67 Å². The van der Waals surface area contributed by atoms with Crippen molar-refractivity contribution in [3.05, 3.63) is 47.3 Å². The quantitative estimate of drug-likeness (QED) is 0.863. The van der Waals surface area contributed by atoms with Gasteiger partial charge in [-0.1, -0.05) is 17.3 Å². The molecule has 0 atom stereocenters. The topological polar surface area (TPSA) is 55.6 Å². The van der Waals surface area contributed by atoms with Gasteiger partial charge >= 0.3 is 0 Å². The van der Waals surface area contributed by atoms with Crippen molar-refractivity contribution in [3.8, 4) is 5.75 Å². The molecule has 0 spiro atoms. The number of hydrogen-bond donors (Lipinski definition) is 0. The van der Waals surface area contributed by atoms with Gasteiger partial charge in [-0.15, -0.1) is 0 Å². The van der Waals surface area contributed by atoms with Crippen LogP contribution in [0.2, 0.25) is 0 Å². The van der Waals surface area contributed by atoms with Crippen LogP contribution in [0.4, 0.5) is 4.39 Å². The van der Waals surface area contributed by atoms with Crippen LogP contribution in [-0.4, -0.2) is 36.2 Å². The third-order valence-corrected chi connectivity index (χ3v) is 4.50. The van der Waals surface area contributed by atoms with Gasteiger partial charge in [-0.3, -0.25) is 4.79 Å². The van der Waals surface area contributed by atoms with Crippen molar-refractivity contribution >= 4 is 5.91 Å². The second-order valence-corrected chi connectivity index (χ2v) is 6.18. The van der Waals surface area contributed by atoms with Gasteiger partial charge in [-0.25, -0.2) is 4.39 Å². The maximum atomic E-state index is 15.3. The van der Waals surface area contributed by atoms with E-state index in [-0.39, 0.29) is 25.2 Å². The summed E-state index contributed by atoms with van der Waals surface area (Å²) in [4.78, 5) is 14.0. The number of rotatable bonds is 4. The minimum Gasteiger partial charge on any atom is -0.497 e. The van der Waals surface area contributed by atoms with Crippen LogP contribution >= 0.6 is 0 Å². The zero-order valence-corrected chi connectivity index (χ0v) is 13.9. The molecule has 0 radical (unpaired) electrons. The molecule has 0 aliphatic carbocycles. The molecule has 2 heterocycles. The molecule has 0 bridgehead atoms. The number of carbonyl (C=O) groups excluding carboxylic acids is 1. The minimum absolute atomic E-state index is 0.0454. The van der Waals surface area contributed by atoms with Crippen molar-refractivity contribution in [2.75, 3.05) is 20.2 Å². The molecular weight excluding hydrogens is 311 g/mol. The number of likely N-dealkylation sites (tertiary alicyclic amines) is 1. The van der Waals surface area contributed by atoms with Crippen LogP contribution in [0.5, 0.6) is 5.75 Å². The Balaban J connectivity index is 1.63. The van der Waals surface area contributed by atoms with Gasteiger partial charge in [0.2, 0.25) is 5.91 Å². The molecule has 1 saturated heterocycles. The number of ether oxygens (including phenoxy) is 1. The molecule has 0 saturated carbocycles. The molecular formula is C18H21FN2O3. The molecule has 1 amide bonds. The number of piperidine rings is 1. The summed E-state index contributed by atoms with van der Waals surface area (Å²) in [6.45, 7) is 2.57. The average molecular weight is 332 g/mol. The SMILES string of the molecule is COc1cccc(C2(F)CCN(C(=O)Cc3cc(C)on3)CC2)c1. The maximum absolute atomic E-state index is 15.3. The molecule has 0 unspecified atom stereocenters. The first-order valence-electron chi connectivity index (χ1n) is 8.03. The molecule has 1 aliphatic rings. The highest BCUT2D eigenvalue weighted by atomic mass is 19.1. The smallest absolute Gasteiger partial charge is 0.228 e. The number of alkyl halides is 1. The Bertz CT molecular complexity index is 721. The fourth-order valence-corrected chi connectivity index (χ4v) is 3.07. The number of amides is 1. The van der Waals surface area contributed by atoms with E-state index in [1.807, 2.05) is 0 Å². The molecule has 1 aromatic carbocycles. The number of nitrogens with zero attached hydrogens (tertiary/aromatic N) is 2. The first-order chi connectivity index (χ1) is 11.5. The van der Waals surface area contributed by atoms with E-state index in [4.69, 9.17) is 9.26 Å². The molecule has 0 N–H and O–H groups in total. The highest BCUT2D eigenvalue weighted by Crippen LogP contribution is 2.38. The fourth-order valence-electron chi connectivity index (χ4n) is 3.07. The Labute approximate surface area is 140 Å². The molecule has 5 nitrogen and oxygen atoms in total. The normalized spacial score (nSPS) is 16.9. The lowest BCUT2D eigenvalue weighted by Crippen LogP contribution is -2.44. The summed E-state index contributed by atoms with van der Waals surface area (Å²) < 4.78 is 25.4. The van der Waals surface area contributed by atoms with Crippen molar-refractivity contribution < 1.29 is 18.4 Å². The van der Waals surface area contributed by atoms with Crippen LogP contribution in [-0.2, 0) is 16.9 Å². The predicted molar refractivity (Wildman–Crippen MR) is 86.5 cm³/mol. The largest absolute Gasteiger partial charge is 0.497 e. The molecule has 6 heteroatoms. The Morgan fingerprint density at radius 1 is 1.38 bits per heavy atom. The van der Waals surface area contributed by atoms with Crippen LogP contribution in [0.25, 0.3) is 0 Å². The number of hydrogen-bond acceptors (Lipinski definition) is 4. The first-order valence-corrected chi connectivity index (χ1v) is 8.03.